The molecule has 6 heteroatoms. The van der Waals surface area contributed by atoms with Crippen LogP contribution in [0.25, 0.3) is 0 Å². The molecule has 132 valence electrons. The van der Waals surface area contributed by atoms with Crippen molar-refractivity contribution in [1.82, 2.24) is 15.2 Å². The molecule has 4 rings (SSSR count). The van der Waals surface area contributed by atoms with Crippen LogP contribution in [0.3, 0.4) is 0 Å². The van der Waals surface area contributed by atoms with Gasteiger partial charge in [0.05, 0.1) is 36.6 Å². The van der Waals surface area contributed by atoms with Gasteiger partial charge in [0.25, 0.3) is 0 Å². The zero-order valence-corrected chi connectivity index (χ0v) is 14.2. The lowest BCUT2D eigenvalue weighted by atomic mass is 9.75. The standard InChI is InChI=1S/C19H23N3O3/c23-18(21-12-15-4-1-2-8-20-15)19-7-11-25-17(19)6-9-22(14-19)13-16-5-3-10-24-16/h1-5,8,10,17H,6-7,9,11-14H2,(H,21,23)/t17-,19-/m0/s1. The maximum atomic E-state index is 13.1. The van der Waals surface area contributed by atoms with Crippen molar-refractivity contribution < 1.29 is 13.9 Å². The molecule has 2 atom stereocenters. The molecule has 6 nitrogen and oxygen atoms in total. The highest BCUT2D eigenvalue weighted by Crippen LogP contribution is 2.41. The lowest BCUT2D eigenvalue weighted by Gasteiger charge is -2.42. The number of hydrogen-bond donors (Lipinski definition) is 1. The van der Waals surface area contributed by atoms with Gasteiger partial charge in [-0.15, -0.1) is 0 Å². The van der Waals surface area contributed by atoms with Crippen LogP contribution in [0.2, 0.25) is 0 Å². The zero-order chi connectivity index (χ0) is 17.1. The Labute approximate surface area is 147 Å². The SMILES string of the molecule is O=C(NCc1ccccn1)[C@]12CCO[C@H]1CCN(Cc1ccco1)C2. The first-order valence-corrected chi connectivity index (χ1v) is 8.81. The Hall–Kier alpha value is -2.18. The maximum Gasteiger partial charge on any atom is 0.230 e. The van der Waals surface area contributed by atoms with Crippen LogP contribution in [0.15, 0.2) is 47.2 Å². The van der Waals surface area contributed by atoms with Crippen LogP contribution in [0, 0.1) is 5.41 Å². The molecule has 4 heterocycles. The minimum atomic E-state index is -0.473. The fourth-order valence-corrected chi connectivity index (χ4v) is 3.96. The summed E-state index contributed by atoms with van der Waals surface area (Å²) in [7, 11) is 0. The third kappa shape index (κ3) is 3.32. The number of nitrogens with one attached hydrogen (secondary N) is 1. The van der Waals surface area contributed by atoms with Crippen molar-refractivity contribution in [2.24, 2.45) is 5.41 Å². The number of rotatable bonds is 5. The molecule has 0 spiro atoms. The van der Waals surface area contributed by atoms with E-state index in [-0.39, 0.29) is 12.0 Å². The molecule has 2 saturated heterocycles. The zero-order valence-electron chi connectivity index (χ0n) is 14.2. The smallest absolute Gasteiger partial charge is 0.230 e. The van der Waals surface area contributed by atoms with E-state index in [2.05, 4.69) is 15.2 Å². The first-order chi connectivity index (χ1) is 12.3. The van der Waals surface area contributed by atoms with Crippen LogP contribution >= 0.6 is 0 Å². The largest absolute Gasteiger partial charge is 0.468 e. The minimum absolute atomic E-state index is 0.00378. The third-order valence-corrected chi connectivity index (χ3v) is 5.26. The van der Waals surface area contributed by atoms with Crippen molar-refractivity contribution in [3.05, 3.63) is 54.2 Å². The predicted octanol–water partition coefficient (Wildman–Crippen LogP) is 1.97. The average molecular weight is 341 g/mol. The van der Waals surface area contributed by atoms with E-state index in [9.17, 15) is 4.79 Å². The molecule has 0 radical (unpaired) electrons. The normalized spacial score (nSPS) is 26.3. The topological polar surface area (TPSA) is 67.6 Å². The van der Waals surface area contributed by atoms with Gasteiger partial charge in [-0.05, 0) is 37.1 Å². The Kier molecular flexibility index (Phi) is 4.55. The maximum absolute atomic E-state index is 13.1. The molecule has 2 aromatic rings. The number of piperidine rings is 1. The number of pyridine rings is 1. The van der Waals surface area contributed by atoms with Gasteiger partial charge in [0.2, 0.25) is 5.91 Å². The number of carbonyl (C=O) groups excluding carboxylic acids is 1. The van der Waals surface area contributed by atoms with Gasteiger partial charge >= 0.3 is 0 Å². The summed E-state index contributed by atoms with van der Waals surface area (Å²) in [6.07, 6.45) is 5.07. The highest BCUT2D eigenvalue weighted by Gasteiger charge is 2.53. The lowest BCUT2D eigenvalue weighted by molar-refractivity contribution is -0.139. The van der Waals surface area contributed by atoms with Gasteiger partial charge in [0.15, 0.2) is 0 Å². The number of amides is 1. The third-order valence-electron chi connectivity index (χ3n) is 5.26. The molecule has 2 aliphatic heterocycles. The van der Waals surface area contributed by atoms with Crippen LogP contribution in [-0.4, -0.2) is 41.6 Å². The van der Waals surface area contributed by atoms with Crippen LogP contribution in [0.1, 0.15) is 24.3 Å². The summed E-state index contributed by atoms with van der Waals surface area (Å²) in [5.41, 5.74) is 0.394. The van der Waals surface area contributed by atoms with Crippen molar-refractivity contribution >= 4 is 5.91 Å². The molecule has 0 bridgehead atoms. The highest BCUT2D eigenvalue weighted by molar-refractivity contribution is 5.84. The van der Waals surface area contributed by atoms with Crippen molar-refractivity contribution in [2.45, 2.75) is 32.0 Å². The van der Waals surface area contributed by atoms with Crippen molar-refractivity contribution in [3.63, 3.8) is 0 Å². The Morgan fingerprint density at radius 3 is 3.12 bits per heavy atom. The summed E-state index contributed by atoms with van der Waals surface area (Å²) in [6.45, 7) is 3.45. The minimum Gasteiger partial charge on any atom is -0.468 e. The Balaban J connectivity index is 1.45. The van der Waals surface area contributed by atoms with Gasteiger partial charge < -0.3 is 14.5 Å². The lowest BCUT2D eigenvalue weighted by Crippen LogP contribution is -2.56. The van der Waals surface area contributed by atoms with E-state index in [1.165, 1.54) is 0 Å². The van der Waals surface area contributed by atoms with Crippen molar-refractivity contribution in [1.29, 1.82) is 0 Å². The number of carbonyl (C=O) groups is 1. The molecule has 2 aliphatic rings. The van der Waals surface area contributed by atoms with Crippen LogP contribution in [0.4, 0.5) is 0 Å². The summed E-state index contributed by atoms with van der Waals surface area (Å²) >= 11 is 0. The molecule has 25 heavy (non-hydrogen) atoms. The summed E-state index contributed by atoms with van der Waals surface area (Å²) in [5.74, 6) is 1.01. The van der Waals surface area contributed by atoms with Gasteiger partial charge in [-0.1, -0.05) is 6.07 Å². The Morgan fingerprint density at radius 2 is 2.32 bits per heavy atom. The summed E-state index contributed by atoms with van der Waals surface area (Å²) in [4.78, 5) is 19.6. The summed E-state index contributed by atoms with van der Waals surface area (Å²) < 4.78 is 11.4. The van der Waals surface area contributed by atoms with Gasteiger partial charge in [0.1, 0.15) is 5.76 Å². The molecular weight excluding hydrogens is 318 g/mol. The first kappa shape index (κ1) is 16.3. The number of furan rings is 1. The number of fused-ring (bicyclic) bond motifs is 1. The fourth-order valence-electron chi connectivity index (χ4n) is 3.96. The summed E-state index contributed by atoms with van der Waals surface area (Å²) in [5, 5.41) is 3.08. The summed E-state index contributed by atoms with van der Waals surface area (Å²) in [6, 6.07) is 9.60. The molecule has 0 aliphatic carbocycles. The highest BCUT2D eigenvalue weighted by atomic mass is 16.5. The molecule has 0 unspecified atom stereocenters. The second-order valence-corrected chi connectivity index (χ2v) is 6.85. The van der Waals surface area contributed by atoms with E-state index >= 15 is 0 Å². The molecular formula is C19H23N3O3. The number of likely N-dealkylation sites (tertiary alicyclic amines) is 1. The Morgan fingerprint density at radius 1 is 1.36 bits per heavy atom. The average Bonchev–Trinajstić information content (AvgIpc) is 3.30. The quantitative estimate of drug-likeness (QED) is 0.901. The second kappa shape index (κ2) is 6.98. The number of aromatic nitrogens is 1. The van der Waals surface area contributed by atoms with E-state index in [1.807, 2.05) is 30.3 Å². The first-order valence-electron chi connectivity index (χ1n) is 8.81. The van der Waals surface area contributed by atoms with Crippen molar-refractivity contribution in [2.75, 3.05) is 19.7 Å². The van der Waals surface area contributed by atoms with Gasteiger partial charge in [0, 0.05) is 25.9 Å². The van der Waals surface area contributed by atoms with E-state index in [0.29, 0.717) is 19.7 Å². The van der Waals surface area contributed by atoms with Crippen LogP contribution in [-0.2, 0) is 22.6 Å². The molecule has 0 saturated carbocycles. The predicted molar refractivity (Wildman–Crippen MR) is 91.5 cm³/mol. The van der Waals surface area contributed by atoms with Crippen LogP contribution < -0.4 is 5.32 Å². The van der Waals surface area contributed by atoms with Gasteiger partial charge in [-0.2, -0.15) is 0 Å². The molecule has 2 fully saturated rings. The fraction of sp³-hybridized carbons (Fsp3) is 0.474. The molecule has 1 amide bonds. The van der Waals surface area contributed by atoms with E-state index in [4.69, 9.17) is 9.15 Å². The molecule has 1 N–H and O–H groups in total. The van der Waals surface area contributed by atoms with E-state index < -0.39 is 5.41 Å². The monoisotopic (exact) mass is 341 g/mol. The number of ether oxygens (including phenoxy) is 1. The van der Waals surface area contributed by atoms with Gasteiger partial charge in [-0.25, -0.2) is 0 Å². The van der Waals surface area contributed by atoms with Crippen LogP contribution in [0.5, 0.6) is 0 Å². The molecule has 2 aromatic heterocycles. The van der Waals surface area contributed by atoms with Crippen molar-refractivity contribution in [3.8, 4) is 0 Å². The number of hydrogen-bond acceptors (Lipinski definition) is 5. The van der Waals surface area contributed by atoms with E-state index in [0.717, 1.165) is 37.4 Å². The second-order valence-electron chi connectivity index (χ2n) is 6.85. The van der Waals surface area contributed by atoms with E-state index in [1.54, 1.807) is 12.5 Å². The Bertz CT molecular complexity index is 704. The molecule has 0 aromatic carbocycles. The van der Waals surface area contributed by atoms with Gasteiger partial charge in [-0.3, -0.25) is 14.7 Å². The number of nitrogens with zero attached hydrogens (tertiary/aromatic N) is 2.